The minimum absolute atomic E-state index is 0.130. The molecule has 0 radical (unpaired) electrons. The van der Waals surface area contributed by atoms with Crippen LogP contribution in [0.4, 0.5) is 17.3 Å². The van der Waals surface area contributed by atoms with Crippen LogP contribution in [0.3, 0.4) is 0 Å². The van der Waals surface area contributed by atoms with Crippen LogP contribution in [0.25, 0.3) is 17.0 Å². The molecule has 4 heterocycles. The molecule has 0 aromatic carbocycles. The first-order valence-corrected chi connectivity index (χ1v) is 11.4. The number of nitrogens with zero attached hydrogens (tertiary/aromatic N) is 5. The fraction of sp³-hybridized carbons (Fsp3) is 0.200. The topological polar surface area (TPSA) is 123 Å². The zero-order chi connectivity index (χ0) is 21.8. The standard InChI is InChI=1S/C20H21N7O3S/c1-3-21-17-12-15(7-10-23-17)24-20-18-14(13-30-31(2,28)29)8-11-27(18)26-19(25-20)16-6-4-5-9-22-16/h4-12H,3,13H2,1-2H3,(H2,21,23,24,25,26). The van der Waals surface area contributed by atoms with Crippen LogP contribution in [0.1, 0.15) is 12.5 Å². The Labute approximate surface area is 179 Å². The van der Waals surface area contributed by atoms with E-state index in [1.165, 1.54) is 0 Å². The molecule has 0 fully saturated rings. The Hall–Kier alpha value is -3.57. The lowest BCUT2D eigenvalue weighted by Crippen LogP contribution is -2.07. The Morgan fingerprint density at radius 3 is 2.74 bits per heavy atom. The fourth-order valence-corrected chi connectivity index (χ4v) is 3.33. The largest absolute Gasteiger partial charge is 0.370 e. The normalized spacial score (nSPS) is 11.5. The molecule has 4 rings (SSSR count). The molecule has 0 spiro atoms. The lowest BCUT2D eigenvalue weighted by atomic mass is 10.2. The van der Waals surface area contributed by atoms with Crippen molar-refractivity contribution in [2.45, 2.75) is 13.5 Å². The van der Waals surface area contributed by atoms with Crippen molar-refractivity contribution in [1.82, 2.24) is 24.6 Å². The third-order valence-corrected chi connectivity index (χ3v) is 4.84. The predicted octanol–water partition coefficient (Wildman–Crippen LogP) is 2.84. The lowest BCUT2D eigenvalue weighted by molar-refractivity contribution is 0.313. The number of pyridine rings is 2. The monoisotopic (exact) mass is 439 g/mol. The Kier molecular flexibility index (Phi) is 5.78. The smallest absolute Gasteiger partial charge is 0.264 e. The van der Waals surface area contributed by atoms with Gasteiger partial charge in [-0.05, 0) is 31.2 Å². The molecule has 10 nitrogen and oxygen atoms in total. The van der Waals surface area contributed by atoms with E-state index in [4.69, 9.17) is 4.18 Å². The molecule has 31 heavy (non-hydrogen) atoms. The van der Waals surface area contributed by atoms with Gasteiger partial charge in [-0.1, -0.05) is 6.07 Å². The molecule has 0 aliphatic carbocycles. The van der Waals surface area contributed by atoms with Gasteiger partial charge < -0.3 is 10.6 Å². The summed E-state index contributed by atoms with van der Waals surface area (Å²) in [5.41, 5.74) is 2.60. The van der Waals surface area contributed by atoms with E-state index in [0.29, 0.717) is 28.4 Å². The lowest BCUT2D eigenvalue weighted by Gasteiger charge is -2.12. The van der Waals surface area contributed by atoms with E-state index < -0.39 is 10.1 Å². The number of rotatable bonds is 8. The van der Waals surface area contributed by atoms with Gasteiger partial charge in [0.1, 0.15) is 17.0 Å². The minimum Gasteiger partial charge on any atom is -0.370 e. The number of nitrogens with one attached hydrogen (secondary N) is 2. The molecule has 4 aromatic heterocycles. The van der Waals surface area contributed by atoms with E-state index in [1.807, 2.05) is 37.3 Å². The van der Waals surface area contributed by atoms with Gasteiger partial charge in [-0.25, -0.2) is 14.5 Å². The molecule has 0 bridgehead atoms. The van der Waals surface area contributed by atoms with Gasteiger partial charge in [0.2, 0.25) is 5.82 Å². The molecular formula is C20H21N7O3S. The second-order valence-electron chi connectivity index (χ2n) is 6.68. The van der Waals surface area contributed by atoms with Crippen molar-refractivity contribution in [3.8, 4) is 11.5 Å². The second-order valence-corrected chi connectivity index (χ2v) is 8.33. The molecule has 4 aromatic rings. The first kappa shape index (κ1) is 20.7. The zero-order valence-electron chi connectivity index (χ0n) is 17.0. The summed E-state index contributed by atoms with van der Waals surface area (Å²) in [6.07, 6.45) is 6.10. The molecule has 0 unspecified atom stereocenters. The van der Waals surface area contributed by atoms with E-state index in [1.54, 1.807) is 29.2 Å². The third-order valence-electron chi connectivity index (χ3n) is 4.30. The molecular weight excluding hydrogens is 418 g/mol. The maximum atomic E-state index is 11.5. The van der Waals surface area contributed by atoms with Crippen LogP contribution < -0.4 is 10.6 Å². The molecule has 0 saturated carbocycles. The van der Waals surface area contributed by atoms with Gasteiger partial charge >= 0.3 is 0 Å². The predicted molar refractivity (Wildman–Crippen MR) is 118 cm³/mol. The highest BCUT2D eigenvalue weighted by Crippen LogP contribution is 2.27. The van der Waals surface area contributed by atoms with Gasteiger partial charge in [0.15, 0.2) is 5.82 Å². The summed E-state index contributed by atoms with van der Waals surface area (Å²) in [6.45, 7) is 2.60. The minimum atomic E-state index is -3.60. The second kappa shape index (κ2) is 8.66. The molecule has 0 saturated heterocycles. The van der Waals surface area contributed by atoms with E-state index in [-0.39, 0.29) is 6.61 Å². The number of fused-ring (bicyclic) bond motifs is 1. The Bertz CT molecular complexity index is 1310. The van der Waals surface area contributed by atoms with Gasteiger partial charge in [0.05, 0.1) is 12.9 Å². The van der Waals surface area contributed by atoms with Crippen LogP contribution in [0.5, 0.6) is 0 Å². The van der Waals surface area contributed by atoms with Gasteiger partial charge in [0, 0.05) is 42.5 Å². The summed E-state index contributed by atoms with van der Waals surface area (Å²) in [7, 11) is -3.60. The van der Waals surface area contributed by atoms with E-state index >= 15 is 0 Å². The molecule has 11 heteroatoms. The van der Waals surface area contributed by atoms with Gasteiger partial charge in [-0.2, -0.15) is 8.42 Å². The quantitative estimate of drug-likeness (QED) is 0.399. The molecule has 160 valence electrons. The summed E-state index contributed by atoms with van der Waals surface area (Å²) in [5, 5.41) is 11.0. The van der Waals surface area contributed by atoms with Crippen molar-refractivity contribution >= 4 is 33.0 Å². The highest BCUT2D eigenvalue weighted by Gasteiger charge is 2.16. The summed E-state index contributed by atoms with van der Waals surface area (Å²) in [5.74, 6) is 1.63. The van der Waals surface area contributed by atoms with Crippen molar-refractivity contribution in [2.24, 2.45) is 0 Å². The SMILES string of the molecule is CCNc1cc(Nc2nc(-c3ccccn3)nn3ccc(COS(C)(=O)=O)c23)ccn1. The summed E-state index contributed by atoms with van der Waals surface area (Å²) < 4.78 is 29.6. The Morgan fingerprint density at radius 1 is 1.13 bits per heavy atom. The number of hydrogen-bond donors (Lipinski definition) is 2. The molecule has 0 amide bonds. The molecule has 2 N–H and O–H groups in total. The molecule has 0 aliphatic heterocycles. The van der Waals surface area contributed by atoms with E-state index in [0.717, 1.165) is 24.3 Å². The van der Waals surface area contributed by atoms with Crippen LogP contribution in [0.15, 0.2) is 55.0 Å². The molecule has 0 aliphatic rings. The van der Waals surface area contributed by atoms with Gasteiger partial charge in [0.25, 0.3) is 10.1 Å². The number of aromatic nitrogens is 5. The van der Waals surface area contributed by atoms with Crippen LogP contribution >= 0.6 is 0 Å². The van der Waals surface area contributed by atoms with E-state index in [9.17, 15) is 8.42 Å². The van der Waals surface area contributed by atoms with Crippen LogP contribution in [0, 0.1) is 0 Å². The van der Waals surface area contributed by atoms with Crippen LogP contribution in [-0.2, 0) is 20.9 Å². The fourth-order valence-electron chi connectivity index (χ4n) is 2.99. The van der Waals surface area contributed by atoms with Crippen LogP contribution in [-0.4, -0.2) is 45.8 Å². The van der Waals surface area contributed by atoms with Crippen molar-refractivity contribution in [1.29, 1.82) is 0 Å². The van der Waals surface area contributed by atoms with Crippen molar-refractivity contribution < 1.29 is 12.6 Å². The van der Waals surface area contributed by atoms with Crippen molar-refractivity contribution in [3.63, 3.8) is 0 Å². The van der Waals surface area contributed by atoms with Crippen LogP contribution in [0.2, 0.25) is 0 Å². The Balaban J connectivity index is 1.80. The highest BCUT2D eigenvalue weighted by atomic mass is 32.2. The van der Waals surface area contributed by atoms with Gasteiger partial charge in [-0.15, -0.1) is 5.10 Å². The summed E-state index contributed by atoms with van der Waals surface area (Å²) >= 11 is 0. The summed E-state index contributed by atoms with van der Waals surface area (Å²) in [4.78, 5) is 13.3. The zero-order valence-corrected chi connectivity index (χ0v) is 17.8. The first-order valence-electron chi connectivity index (χ1n) is 9.54. The van der Waals surface area contributed by atoms with Crippen molar-refractivity contribution in [2.75, 3.05) is 23.4 Å². The average Bonchev–Trinajstić information content (AvgIpc) is 3.16. The maximum Gasteiger partial charge on any atom is 0.264 e. The summed E-state index contributed by atoms with van der Waals surface area (Å²) in [6, 6.07) is 10.9. The first-order chi connectivity index (χ1) is 14.9. The average molecular weight is 440 g/mol. The maximum absolute atomic E-state index is 11.5. The third kappa shape index (κ3) is 4.95. The van der Waals surface area contributed by atoms with Gasteiger partial charge in [-0.3, -0.25) is 9.17 Å². The highest BCUT2D eigenvalue weighted by molar-refractivity contribution is 7.85. The molecule has 0 atom stereocenters. The Morgan fingerprint density at radius 2 is 2.00 bits per heavy atom. The van der Waals surface area contributed by atoms with Crippen molar-refractivity contribution in [3.05, 3.63) is 60.6 Å². The van der Waals surface area contributed by atoms with E-state index in [2.05, 4.69) is 30.7 Å². The number of hydrogen-bond acceptors (Lipinski definition) is 9. The number of anilines is 3.